The molecular formula is C33H46F3N5O11S. The van der Waals surface area contributed by atoms with Crippen molar-refractivity contribution in [1.29, 1.82) is 0 Å². The standard InChI is InChI=1S/C33H46F3N5O11S/c1-5-51-28(43)11-7-6-9-23(40-53(48,49)22-14-12-21(13-15-22)52-33(34,35)36)29(44)38-24(16-17-27(37)42)31(46)41-18-8-10-26(41)30(45)39-25(19-20(2)3)32(47)50-4/h7,11-15,20,23-26,40H,5-6,8-10,16-19H2,1-4H3,(H2,37,42)(H,38,44)(H,39,45)/b11-7+/t23-,24-,25+,26+/m1/s1. The van der Waals surface area contributed by atoms with E-state index in [0.717, 1.165) is 30.3 Å². The molecule has 1 aliphatic heterocycles. The molecule has 4 amide bonds. The Morgan fingerprint density at radius 2 is 1.68 bits per heavy atom. The number of carbonyl (C=O) groups is 6. The van der Waals surface area contributed by atoms with E-state index in [2.05, 4.69) is 20.1 Å². The van der Waals surface area contributed by atoms with Gasteiger partial charge in [-0.25, -0.2) is 18.0 Å². The van der Waals surface area contributed by atoms with Crippen LogP contribution in [0.25, 0.3) is 0 Å². The van der Waals surface area contributed by atoms with Gasteiger partial charge in [-0.3, -0.25) is 19.2 Å². The average Bonchev–Trinajstić information content (AvgIpc) is 3.56. The number of likely N-dealkylation sites (tertiary alicyclic amines) is 1. The van der Waals surface area contributed by atoms with Gasteiger partial charge in [0.2, 0.25) is 33.7 Å². The van der Waals surface area contributed by atoms with Gasteiger partial charge in [0.25, 0.3) is 0 Å². The van der Waals surface area contributed by atoms with Gasteiger partial charge in [0, 0.05) is 19.0 Å². The van der Waals surface area contributed by atoms with E-state index in [-0.39, 0.29) is 57.6 Å². The van der Waals surface area contributed by atoms with E-state index < -0.39 is 86.8 Å². The first-order valence-electron chi connectivity index (χ1n) is 16.8. The smallest absolute Gasteiger partial charge is 0.467 e. The number of hydrogen-bond acceptors (Lipinski definition) is 11. The molecule has 1 heterocycles. The fourth-order valence-electron chi connectivity index (χ4n) is 5.37. The summed E-state index contributed by atoms with van der Waals surface area (Å²) in [5, 5.41) is 5.08. The van der Waals surface area contributed by atoms with Crippen molar-refractivity contribution in [3.05, 3.63) is 36.4 Å². The van der Waals surface area contributed by atoms with Crippen LogP contribution in [0.2, 0.25) is 0 Å². The van der Waals surface area contributed by atoms with Gasteiger partial charge < -0.3 is 35.5 Å². The minimum absolute atomic E-state index is 0.00268. The number of methoxy groups -OCH3 is 1. The van der Waals surface area contributed by atoms with E-state index >= 15 is 0 Å². The molecule has 0 radical (unpaired) electrons. The summed E-state index contributed by atoms with van der Waals surface area (Å²) in [6, 6.07) is -1.98. The number of nitrogens with two attached hydrogens (primary N) is 1. The Balaban J connectivity index is 2.37. The number of benzene rings is 1. The first kappa shape index (κ1) is 44.4. The van der Waals surface area contributed by atoms with Crippen molar-refractivity contribution in [2.24, 2.45) is 11.7 Å². The van der Waals surface area contributed by atoms with Crippen LogP contribution in [0.4, 0.5) is 13.2 Å². The lowest BCUT2D eigenvalue weighted by Crippen LogP contribution is -2.57. The summed E-state index contributed by atoms with van der Waals surface area (Å²) in [6.45, 7) is 5.43. The third-order valence-electron chi connectivity index (χ3n) is 7.79. The lowest BCUT2D eigenvalue weighted by atomic mass is 10.0. The van der Waals surface area contributed by atoms with E-state index in [0.29, 0.717) is 6.42 Å². The van der Waals surface area contributed by atoms with Crippen molar-refractivity contribution in [2.75, 3.05) is 20.3 Å². The Morgan fingerprint density at radius 1 is 1.02 bits per heavy atom. The van der Waals surface area contributed by atoms with Crippen molar-refractivity contribution in [3.8, 4) is 5.75 Å². The quantitative estimate of drug-likeness (QED) is 0.110. The lowest BCUT2D eigenvalue weighted by Gasteiger charge is -2.30. The number of carbonyl (C=O) groups excluding carboxylic acids is 6. The summed E-state index contributed by atoms with van der Waals surface area (Å²) in [6.07, 6.45) is -2.85. The fraction of sp³-hybridized carbons (Fsp3) is 0.576. The highest BCUT2D eigenvalue weighted by Gasteiger charge is 2.40. The molecule has 53 heavy (non-hydrogen) atoms. The highest BCUT2D eigenvalue weighted by molar-refractivity contribution is 7.89. The van der Waals surface area contributed by atoms with E-state index in [4.69, 9.17) is 15.2 Å². The van der Waals surface area contributed by atoms with E-state index in [1.165, 1.54) is 18.1 Å². The zero-order chi connectivity index (χ0) is 39.9. The molecule has 0 saturated carbocycles. The summed E-state index contributed by atoms with van der Waals surface area (Å²) in [7, 11) is -3.42. The highest BCUT2D eigenvalue weighted by atomic mass is 32.2. The third kappa shape index (κ3) is 15.0. The van der Waals surface area contributed by atoms with E-state index in [9.17, 15) is 50.4 Å². The second kappa shape index (κ2) is 20.5. The molecule has 1 aromatic rings. The van der Waals surface area contributed by atoms with Crippen LogP contribution in [0.15, 0.2) is 41.3 Å². The summed E-state index contributed by atoms with van der Waals surface area (Å²) < 4.78 is 80.0. The topological polar surface area (TPSA) is 230 Å². The molecule has 296 valence electrons. The number of halogens is 3. The molecule has 1 aromatic carbocycles. The molecule has 20 heteroatoms. The maximum atomic E-state index is 13.9. The number of ether oxygens (including phenoxy) is 3. The van der Waals surface area contributed by atoms with Gasteiger partial charge in [-0.2, -0.15) is 4.72 Å². The Labute approximate surface area is 305 Å². The zero-order valence-electron chi connectivity index (χ0n) is 29.8. The van der Waals surface area contributed by atoms with Gasteiger partial charge in [0.05, 0.1) is 18.6 Å². The number of hydrogen-bond donors (Lipinski definition) is 4. The number of sulfonamides is 1. The number of nitrogens with zero attached hydrogens (tertiary/aromatic N) is 1. The van der Waals surface area contributed by atoms with Crippen molar-refractivity contribution >= 4 is 45.6 Å². The van der Waals surface area contributed by atoms with Crippen molar-refractivity contribution in [3.63, 3.8) is 0 Å². The monoisotopic (exact) mass is 777 g/mol. The molecule has 1 fully saturated rings. The molecule has 0 aliphatic carbocycles. The van der Waals surface area contributed by atoms with Gasteiger partial charge in [-0.1, -0.05) is 19.9 Å². The molecule has 1 aliphatic rings. The van der Waals surface area contributed by atoms with Crippen LogP contribution >= 0.6 is 0 Å². The van der Waals surface area contributed by atoms with Crippen molar-refractivity contribution in [1.82, 2.24) is 20.3 Å². The SMILES string of the molecule is CCOC(=O)/C=C/CC[C@@H](NS(=O)(=O)c1ccc(OC(F)(F)F)cc1)C(=O)N[C@H](CCC(N)=O)C(=O)N1CCC[C@H]1C(=O)N[C@@H](CC(C)C)C(=O)OC. The third-order valence-corrected chi connectivity index (χ3v) is 9.27. The molecule has 0 aromatic heterocycles. The molecule has 0 unspecified atom stereocenters. The summed E-state index contributed by atoms with van der Waals surface area (Å²) in [4.78, 5) is 77.5. The Bertz CT molecular complexity index is 1590. The van der Waals surface area contributed by atoms with Crippen molar-refractivity contribution < 1.29 is 64.6 Å². The van der Waals surface area contributed by atoms with Crippen molar-refractivity contribution in [2.45, 2.75) is 101 Å². The normalized spacial score (nSPS) is 16.5. The molecule has 5 N–H and O–H groups in total. The minimum atomic E-state index is -5.03. The fourth-order valence-corrected chi connectivity index (χ4v) is 6.60. The van der Waals surface area contributed by atoms with E-state index in [1.54, 1.807) is 6.92 Å². The predicted molar refractivity (Wildman–Crippen MR) is 181 cm³/mol. The molecule has 2 rings (SSSR count). The van der Waals surface area contributed by atoms with Crippen LogP contribution in [-0.4, -0.2) is 99.7 Å². The Hall–Kier alpha value is -4.72. The van der Waals surface area contributed by atoms with Crippen LogP contribution in [-0.2, 0) is 48.3 Å². The second-order valence-corrected chi connectivity index (χ2v) is 14.1. The molecule has 1 saturated heterocycles. The number of primary amides is 1. The van der Waals surface area contributed by atoms with E-state index in [1.807, 2.05) is 13.8 Å². The number of amides is 4. The zero-order valence-corrected chi connectivity index (χ0v) is 30.6. The highest BCUT2D eigenvalue weighted by Crippen LogP contribution is 2.25. The number of allylic oxidation sites excluding steroid dienone is 1. The number of nitrogens with one attached hydrogen (secondary N) is 3. The van der Waals surface area contributed by atoms with Crippen LogP contribution < -0.4 is 25.8 Å². The predicted octanol–water partition coefficient (Wildman–Crippen LogP) is 1.58. The molecule has 0 spiro atoms. The number of alkyl halides is 3. The average molecular weight is 778 g/mol. The summed E-state index contributed by atoms with van der Waals surface area (Å²) >= 11 is 0. The summed E-state index contributed by atoms with van der Waals surface area (Å²) in [5.74, 6) is -5.34. The molecule has 16 nitrogen and oxygen atoms in total. The minimum Gasteiger partial charge on any atom is -0.467 e. The first-order chi connectivity index (χ1) is 24.8. The van der Waals surface area contributed by atoms with Gasteiger partial charge in [0.1, 0.15) is 29.9 Å². The maximum Gasteiger partial charge on any atom is 0.573 e. The second-order valence-electron chi connectivity index (χ2n) is 12.4. The molecule has 0 bridgehead atoms. The maximum absolute atomic E-state index is 13.9. The Morgan fingerprint density at radius 3 is 2.25 bits per heavy atom. The van der Waals surface area contributed by atoms with Gasteiger partial charge >= 0.3 is 18.3 Å². The molecule has 4 atom stereocenters. The summed E-state index contributed by atoms with van der Waals surface area (Å²) in [5.41, 5.74) is 5.32. The lowest BCUT2D eigenvalue weighted by molar-refractivity contribution is -0.274. The van der Waals surface area contributed by atoms with Crippen LogP contribution in [0.1, 0.15) is 65.7 Å². The van der Waals surface area contributed by atoms with Crippen LogP contribution in [0, 0.1) is 5.92 Å². The molecular weight excluding hydrogens is 731 g/mol. The van der Waals surface area contributed by atoms with Crippen LogP contribution in [0.3, 0.4) is 0 Å². The number of esters is 2. The largest absolute Gasteiger partial charge is 0.573 e. The first-order valence-corrected chi connectivity index (χ1v) is 18.2. The van der Waals surface area contributed by atoms with Gasteiger partial charge in [-0.05, 0) is 75.6 Å². The van der Waals surface area contributed by atoms with Gasteiger partial charge in [-0.15, -0.1) is 13.2 Å². The Kier molecular flexibility index (Phi) is 17.2. The van der Waals surface area contributed by atoms with Gasteiger partial charge in [0.15, 0.2) is 0 Å². The number of rotatable bonds is 20. The van der Waals surface area contributed by atoms with Crippen LogP contribution in [0.5, 0.6) is 5.75 Å².